The summed E-state index contributed by atoms with van der Waals surface area (Å²) >= 11 is 0. The Morgan fingerprint density at radius 3 is 2.55 bits per heavy atom. The fourth-order valence-electron chi connectivity index (χ4n) is 3.33. The highest BCUT2D eigenvalue weighted by atomic mass is 19.4. The smallest absolute Gasteiger partial charge is 0.357 e. The number of likely N-dealkylation sites (tertiary alicyclic amines) is 1. The van der Waals surface area contributed by atoms with Crippen LogP contribution in [-0.4, -0.2) is 49.0 Å². The summed E-state index contributed by atoms with van der Waals surface area (Å²) < 4.78 is 39.1. The van der Waals surface area contributed by atoms with Gasteiger partial charge in [-0.1, -0.05) is 39.0 Å². The Bertz CT molecular complexity index is 731. The van der Waals surface area contributed by atoms with Crippen LogP contribution in [0.1, 0.15) is 51.7 Å². The molecular weight excluding hydrogens is 381 g/mol. The summed E-state index contributed by atoms with van der Waals surface area (Å²) in [4.78, 5) is 18.3. The number of amides is 1. The number of halogens is 3. The number of carbonyl (C=O) groups is 1. The van der Waals surface area contributed by atoms with Gasteiger partial charge in [-0.2, -0.15) is 13.2 Å². The first-order valence-corrected chi connectivity index (χ1v) is 10.1. The highest BCUT2D eigenvalue weighted by Gasteiger charge is 2.32. The van der Waals surface area contributed by atoms with Crippen LogP contribution >= 0.6 is 0 Å². The molecule has 0 aromatic heterocycles. The maximum absolute atomic E-state index is 13.0. The molecule has 1 atom stereocenters. The number of hydrogen-bond acceptors (Lipinski definition) is 2. The third-order valence-corrected chi connectivity index (χ3v) is 5.13. The van der Waals surface area contributed by atoms with Crippen molar-refractivity contribution in [3.63, 3.8) is 0 Å². The van der Waals surface area contributed by atoms with Gasteiger partial charge in [0, 0.05) is 37.5 Å². The molecule has 5 nitrogen and oxygen atoms in total. The van der Waals surface area contributed by atoms with Gasteiger partial charge in [0.25, 0.3) is 0 Å². The van der Waals surface area contributed by atoms with Crippen molar-refractivity contribution in [3.05, 3.63) is 35.4 Å². The zero-order chi connectivity index (χ0) is 21.7. The molecule has 2 N–H and O–H groups in total. The van der Waals surface area contributed by atoms with Crippen LogP contribution in [0.3, 0.4) is 0 Å². The van der Waals surface area contributed by atoms with E-state index in [-0.39, 0.29) is 11.9 Å². The molecule has 0 saturated carbocycles. The van der Waals surface area contributed by atoms with Crippen LogP contribution in [0.15, 0.2) is 29.3 Å². The Kier molecular flexibility index (Phi) is 7.54. The number of alkyl halides is 3. The monoisotopic (exact) mass is 412 g/mol. The van der Waals surface area contributed by atoms with Crippen molar-refractivity contribution in [2.45, 2.75) is 58.2 Å². The second kappa shape index (κ2) is 9.50. The van der Waals surface area contributed by atoms with Crippen molar-refractivity contribution >= 4 is 11.9 Å². The van der Waals surface area contributed by atoms with Crippen molar-refractivity contribution in [1.29, 1.82) is 0 Å². The van der Waals surface area contributed by atoms with Gasteiger partial charge in [0.05, 0.1) is 12.1 Å². The summed E-state index contributed by atoms with van der Waals surface area (Å²) in [5.41, 5.74) is -0.625. The van der Waals surface area contributed by atoms with Crippen LogP contribution in [0, 0.1) is 0 Å². The molecule has 1 unspecified atom stereocenters. The van der Waals surface area contributed by atoms with Gasteiger partial charge in [0.15, 0.2) is 5.96 Å². The average Bonchev–Trinajstić information content (AvgIpc) is 3.14. The number of nitrogens with zero attached hydrogens (tertiary/aromatic N) is 2. The van der Waals surface area contributed by atoms with Gasteiger partial charge in [-0.05, 0) is 25.0 Å². The molecule has 162 valence electrons. The molecular formula is C21H31F3N4O. The predicted octanol–water partition coefficient (Wildman–Crippen LogP) is 3.55. The molecule has 1 saturated heterocycles. The Labute approximate surface area is 170 Å². The maximum Gasteiger partial charge on any atom is 0.416 e. The van der Waals surface area contributed by atoms with Gasteiger partial charge in [-0.3, -0.25) is 9.79 Å². The molecule has 1 aliphatic heterocycles. The summed E-state index contributed by atoms with van der Waals surface area (Å²) in [5, 5.41) is 6.53. The molecule has 1 amide bonds. The first kappa shape index (κ1) is 23.0. The Morgan fingerprint density at radius 1 is 1.24 bits per heavy atom. The molecule has 0 radical (unpaired) electrons. The molecule has 0 spiro atoms. The van der Waals surface area contributed by atoms with E-state index in [4.69, 9.17) is 0 Å². The summed E-state index contributed by atoms with van der Waals surface area (Å²) in [5.74, 6) is 0.755. The van der Waals surface area contributed by atoms with E-state index in [1.165, 1.54) is 12.1 Å². The van der Waals surface area contributed by atoms with Crippen molar-refractivity contribution in [1.82, 2.24) is 15.5 Å². The highest BCUT2D eigenvalue weighted by molar-refractivity contribution is 5.80. The van der Waals surface area contributed by atoms with E-state index in [1.54, 1.807) is 6.07 Å². The zero-order valence-electron chi connectivity index (χ0n) is 17.6. The topological polar surface area (TPSA) is 56.7 Å². The van der Waals surface area contributed by atoms with Crippen LogP contribution in [0.5, 0.6) is 0 Å². The first-order chi connectivity index (χ1) is 13.6. The second-order valence-electron chi connectivity index (χ2n) is 7.98. The van der Waals surface area contributed by atoms with Gasteiger partial charge in [0.1, 0.15) is 0 Å². The molecule has 0 bridgehead atoms. The van der Waals surface area contributed by atoms with Crippen molar-refractivity contribution in [2.24, 2.45) is 4.99 Å². The van der Waals surface area contributed by atoms with Crippen LogP contribution in [0.2, 0.25) is 0 Å². The van der Waals surface area contributed by atoms with Crippen molar-refractivity contribution in [2.75, 3.05) is 26.2 Å². The Hall–Kier alpha value is -2.25. The first-order valence-electron chi connectivity index (χ1n) is 10.1. The lowest BCUT2D eigenvalue weighted by molar-refractivity contribution is -0.137. The summed E-state index contributed by atoms with van der Waals surface area (Å²) in [6, 6.07) is 5.53. The van der Waals surface area contributed by atoms with Gasteiger partial charge < -0.3 is 15.5 Å². The summed E-state index contributed by atoms with van der Waals surface area (Å²) in [7, 11) is 0. The van der Waals surface area contributed by atoms with E-state index in [9.17, 15) is 18.0 Å². The Balaban J connectivity index is 2.08. The van der Waals surface area contributed by atoms with Gasteiger partial charge in [0.2, 0.25) is 5.91 Å². The second-order valence-corrected chi connectivity index (χ2v) is 7.98. The third kappa shape index (κ3) is 6.37. The highest BCUT2D eigenvalue weighted by Crippen LogP contribution is 2.32. The number of hydrogen-bond donors (Lipinski definition) is 2. The SMILES string of the molecule is CCNC(=NCC(C)(C)c1cccc(C(F)(F)F)c1)NC1CCN(C(=O)CC)C1. The van der Waals surface area contributed by atoms with Crippen molar-refractivity contribution in [3.8, 4) is 0 Å². The number of benzene rings is 1. The lowest BCUT2D eigenvalue weighted by Crippen LogP contribution is -2.45. The number of aliphatic imine (C=N–C) groups is 1. The molecule has 1 heterocycles. The van der Waals surface area contributed by atoms with Gasteiger partial charge >= 0.3 is 6.18 Å². The quantitative estimate of drug-likeness (QED) is 0.555. The number of carbonyl (C=O) groups excluding carboxylic acids is 1. The lowest BCUT2D eigenvalue weighted by Gasteiger charge is -2.25. The molecule has 8 heteroatoms. The van der Waals surface area contributed by atoms with E-state index in [0.29, 0.717) is 37.6 Å². The van der Waals surface area contributed by atoms with E-state index in [0.717, 1.165) is 19.0 Å². The standard InChI is InChI=1S/C21H31F3N4O/c1-5-18(29)28-11-10-17(13-28)27-19(25-6-2)26-14-20(3,4)15-8-7-9-16(12-15)21(22,23)24/h7-9,12,17H,5-6,10-11,13-14H2,1-4H3,(H2,25,26,27). The van der Waals surface area contributed by atoms with Crippen LogP contribution in [0.4, 0.5) is 13.2 Å². The van der Waals surface area contributed by atoms with Gasteiger partial charge in [-0.15, -0.1) is 0 Å². The van der Waals surface area contributed by atoms with E-state index < -0.39 is 17.2 Å². The average molecular weight is 413 g/mol. The molecule has 1 fully saturated rings. The third-order valence-electron chi connectivity index (χ3n) is 5.13. The molecule has 0 aliphatic carbocycles. The molecule has 2 rings (SSSR count). The Morgan fingerprint density at radius 2 is 1.93 bits per heavy atom. The molecule has 1 aromatic rings. The summed E-state index contributed by atoms with van der Waals surface area (Å²) in [6.45, 7) is 9.92. The lowest BCUT2D eigenvalue weighted by atomic mass is 9.84. The van der Waals surface area contributed by atoms with E-state index >= 15 is 0 Å². The van der Waals surface area contributed by atoms with Gasteiger partial charge in [-0.25, -0.2) is 0 Å². The minimum Gasteiger partial charge on any atom is -0.357 e. The fraction of sp³-hybridized carbons (Fsp3) is 0.619. The van der Waals surface area contributed by atoms with E-state index in [1.807, 2.05) is 32.6 Å². The van der Waals surface area contributed by atoms with Crippen molar-refractivity contribution < 1.29 is 18.0 Å². The van der Waals surface area contributed by atoms with E-state index in [2.05, 4.69) is 15.6 Å². The minimum atomic E-state index is -4.36. The number of guanidine groups is 1. The number of nitrogens with one attached hydrogen (secondary N) is 2. The zero-order valence-corrected chi connectivity index (χ0v) is 17.6. The fourth-order valence-corrected chi connectivity index (χ4v) is 3.33. The maximum atomic E-state index is 13.0. The van der Waals surface area contributed by atoms with Crippen LogP contribution in [0.25, 0.3) is 0 Å². The molecule has 1 aliphatic rings. The van der Waals surface area contributed by atoms with Crippen LogP contribution < -0.4 is 10.6 Å². The number of rotatable bonds is 6. The molecule has 29 heavy (non-hydrogen) atoms. The normalized spacial score (nSPS) is 18.1. The van der Waals surface area contributed by atoms with Crippen LogP contribution in [-0.2, 0) is 16.4 Å². The minimum absolute atomic E-state index is 0.111. The summed E-state index contributed by atoms with van der Waals surface area (Å²) in [6.07, 6.45) is -3.03. The largest absolute Gasteiger partial charge is 0.416 e. The molecule has 1 aromatic carbocycles. The predicted molar refractivity (Wildman–Crippen MR) is 109 cm³/mol.